The minimum Gasteiger partial charge on any atom is -0.508 e. The largest absolute Gasteiger partial charge is 0.508 e. The smallest absolute Gasteiger partial charge is 0.165 e. The molecule has 162 valence electrons. The van der Waals surface area contributed by atoms with Crippen molar-refractivity contribution < 1.29 is 5.11 Å². The number of aromatic nitrogens is 4. The van der Waals surface area contributed by atoms with E-state index in [2.05, 4.69) is 53.1 Å². The summed E-state index contributed by atoms with van der Waals surface area (Å²) in [4.78, 5) is 10.2. The molecular weight excluding hydrogens is 420 g/mol. The number of pyridine rings is 2. The Morgan fingerprint density at radius 3 is 2.35 bits per heavy atom. The van der Waals surface area contributed by atoms with Crippen LogP contribution in [0.1, 0.15) is 5.56 Å². The first-order valence-corrected chi connectivity index (χ1v) is 11.3. The minimum absolute atomic E-state index is 0.237. The molecule has 0 atom stereocenters. The Balaban J connectivity index is 1.69. The van der Waals surface area contributed by atoms with Gasteiger partial charge in [-0.25, -0.2) is 9.97 Å². The summed E-state index contributed by atoms with van der Waals surface area (Å²) in [5, 5.41) is 12.2. The fraction of sp³-hybridized carbons (Fsp3) is 0.0345. The van der Waals surface area contributed by atoms with Crippen LogP contribution in [0.15, 0.2) is 103 Å². The number of hydrogen-bond acceptors (Lipinski definition) is 3. The molecule has 4 aromatic heterocycles. The molecule has 5 nitrogen and oxygen atoms in total. The van der Waals surface area contributed by atoms with Gasteiger partial charge in [-0.2, -0.15) is 0 Å². The zero-order valence-corrected chi connectivity index (χ0v) is 18.3. The summed E-state index contributed by atoms with van der Waals surface area (Å²) in [6, 6.07) is 32.3. The number of para-hydroxylation sites is 1. The third kappa shape index (κ3) is 2.74. The lowest BCUT2D eigenvalue weighted by Crippen LogP contribution is -2.01. The number of hydrogen-bond donors (Lipinski definition) is 1. The van der Waals surface area contributed by atoms with Crippen molar-refractivity contribution in [1.82, 2.24) is 18.9 Å². The fourth-order valence-electron chi connectivity index (χ4n) is 4.96. The summed E-state index contributed by atoms with van der Waals surface area (Å²) in [6.45, 7) is 0.719. The van der Waals surface area contributed by atoms with Gasteiger partial charge in [-0.1, -0.05) is 54.6 Å². The second kappa shape index (κ2) is 7.18. The SMILES string of the molecule is Oc1ccc(-c2nc3c(nc4ccccn43)c3c4ccccc4n(Cc4ccccc4)c23)cc1. The number of nitrogens with zero attached hydrogens (tertiary/aromatic N) is 4. The molecule has 7 aromatic rings. The van der Waals surface area contributed by atoms with Gasteiger partial charge < -0.3 is 9.67 Å². The molecule has 34 heavy (non-hydrogen) atoms. The number of benzene rings is 3. The molecule has 0 radical (unpaired) electrons. The number of phenols is 1. The third-order valence-corrected chi connectivity index (χ3v) is 6.48. The summed E-state index contributed by atoms with van der Waals surface area (Å²) < 4.78 is 4.39. The van der Waals surface area contributed by atoms with Crippen molar-refractivity contribution in [2.75, 3.05) is 0 Å². The van der Waals surface area contributed by atoms with Gasteiger partial charge in [-0.3, -0.25) is 4.40 Å². The first-order chi connectivity index (χ1) is 16.8. The summed E-state index contributed by atoms with van der Waals surface area (Å²) in [7, 11) is 0. The summed E-state index contributed by atoms with van der Waals surface area (Å²) >= 11 is 0. The highest BCUT2D eigenvalue weighted by atomic mass is 16.3. The molecule has 0 unspecified atom stereocenters. The molecule has 0 saturated heterocycles. The van der Waals surface area contributed by atoms with E-state index in [1.165, 1.54) is 5.56 Å². The molecule has 0 spiro atoms. The summed E-state index contributed by atoms with van der Waals surface area (Å²) in [5.74, 6) is 0.237. The van der Waals surface area contributed by atoms with Crippen LogP contribution >= 0.6 is 0 Å². The van der Waals surface area contributed by atoms with Gasteiger partial charge >= 0.3 is 0 Å². The quantitative estimate of drug-likeness (QED) is 0.345. The van der Waals surface area contributed by atoms with Crippen LogP contribution in [0, 0.1) is 0 Å². The van der Waals surface area contributed by atoms with Gasteiger partial charge in [0, 0.05) is 34.6 Å². The number of imidazole rings is 1. The summed E-state index contributed by atoms with van der Waals surface area (Å²) in [6.07, 6.45) is 2.01. The number of fused-ring (bicyclic) bond motifs is 7. The van der Waals surface area contributed by atoms with E-state index in [4.69, 9.17) is 9.97 Å². The molecule has 0 bridgehead atoms. The molecule has 3 aromatic carbocycles. The van der Waals surface area contributed by atoms with E-state index in [1.54, 1.807) is 12.1 Å². The topological polar surface area (TPSA) is 55.4 Å². The highest BCUT2D eigenvalue weighted by Crippen LogP contribution is 2.39. The van der Waals surface area contributed by atoms with E-state index < -0.39 is 0 Å². The van der Waals surface area contributed by atoms with Crippen molar-refractivity contribution >= 4 is 38.6 Å². The van der Waals surface area contributed by atoms with Crippen LogP contribution in [0.3, 0.4) is 0 Å². The normalized spacial score (nSPS) is 11.8. The molecule has 1 N–H and O–H groups in total. The van der Waals surface area contributed by atoms with Gasteiger partial charge in [-0.05, 0) is 48.0 Å². The Kier molecular flexibility index (Phi) is 3.99. The zero-order valence-electron chi connectivity index (χ0n) is 18.3. The van der Waals surface area contributed by atoms with Gasteiger partial charge in [0.05, 0.1) is 11.2 Å². The molecule has 7 rings (SSSR count). The van der Waals surface area contributed by atoms with Crippen LogP contribution in [-0.2, 0) is 6.54 Å². The zero-order chi connectivity index (χ0) is 22.6. The van der Waals surface area contributed by atoms with Gasteiger partial charge in [0.25, 0.3) is 0 Å². The van der Waals surface area contributed by atoms with E-state index >= 15 is 0 Å². The second-order valence-electron chi connectivity index (χ2n) is 8.53. The molecule has 0 amide bonds. The van der Waals surface area contributed by atoms with E-state index in [0.29, 0.717) is 0 Å². The maximum Gasteiger partial charge on any atom is 0.165 e. The lowest BCUT2D eigenvalue weighted by molar-refractivity contribution is 0.475. The first-order valence-electron chi connectivity index (χ1n) is 11.3. The Labute approximate surface area is 195 Å². The molecule has 5 heteroatoms. The summed E-state index contributed by atoms with van der Waals surface area (Å²) in [5.41, 5.74) is 7.83. The Morgan fingerprint density at radius 2 is 1.50 bits per heavy atom. The lowest BCUT2D eigenvalue weighted by Gasteiger charge is -2.12. The van der Waals surface area contributed by atoms with Crippen molar-refractivity contribution in [3.8, 4) is 17.0 Å². The first kappa shape index (κ1) is 18.9. The van der Waals surface area contributed by atoms with E-state index in [1.807, 2.05) is 47.0 Å². The van der Waals surface area contributed by atoms with Gasteiger partial charge in [0.15, 0.2) is 5.65 Å². The Bertz CT molecular complexity index is 1830. The number of phenolic OH excluding ortho intramolecular Hbond substituents is 1. The van der Waals surface area contributed by atoms with Crippen LogP contribution in [0.5, 0.6) is 5.75 Å². The highest BCUT2D eigenvalue weighted by Gasteiger charge is 2.22. The third-order valence-electron chi connectivity index (χ3n) is 6.48. The van der Waals surface area contributed by atoms with Gasteiger partial charge in [0.1, 0.15) is 16.9 Å². The van der Waals surface area contributed by atoms with Crippen LogP contribution < -0.4 is 0 Å². The van der Waals surface area contributed by atoms with Gasteiger partial charge in [0.2, 0.25) is 0 Å². The standard InChI is InChI=1S/C29H20N4O/c34-21-15-13-20(14-16-21)26-28-25(27-29(31-26)32-17-7-6-12-24(32)30-27)22-10-4-5-11-23(22)33(28)18-19-8-2-1-3-9-19/h1-17,34H,18H2. The fourth-order valence-corrected chi connectivity index (χ4v) is 4.96. The van der Waals surface area contributed by atoms with Crippen LogP contribution in [0.4, 0.5) is 0 Å². The predicted octanol–water partition coefficient (Wildman–Crippen LogP) is 6.41. The van der Waals surface area contributed by atoms with Crippen molar-refractivity contribution in [3.05, 3.63) is 109 Å². The lowest BCUT2D eigenvalue weighted by atomic mass is 10.1. The average molecular weight is 441 g/mol. The maximum atomic E-state index is 9.92. The van der Waals surface area contributed by atoms with Crippen molar-refractivity contribution in [3.63, 3.8) is 0 Å². The monoisotopic (exact) mass is 440 g/mol. The molecule has 0 saturated carbocycles. The van der Waals surface area contributed by atoms with E-state index in [9.17, 15) is 5.11 Å². The number of rotatable bonds is 3. The predicted molar refractivity (Wildman–Crippen MR) is 136 cm³/mol. The molecular formula is C29H20N4O. The number of aromatic hydroxyl groups is 1. The molecule has 0 aliphatic rings. The minimum atomic E-state index is 0.237. The maximum absolute atomic E-state index is 9.92. The molecule has 0 aliphatic carbocycles. The second-order valence-corrected chi connectivity index (χ2v) is 8.53. The van der Waals surface area contributed by atoms with Crippen molar-refractivity contribution in [1.29, 1.82) is 0 Å². The molecule has 0 aliphatic heterocycles. The van der Waals surface area contributed by atoms with E-state index in [0.717, 1.165) is 56.4 Å². The van der Waals surface area contributed by atoms with Crippen molar-refractivity contribution in [2.45, 2.75) is 6.54 Å². The van der Waals surface area contributed by atoms with Gasteiger partial charge in [-0.15, -0.1) is 0 Å². The Morgan fingerprint density at radius 1 is 0.735 bits per heavy atom. The van der Waals surface area contributed by atoms with Crippen LogP contribution in [-0.4, -0.2) is 24.0 Å². The van der Waals surface area contributed by atoms with Crippen LogP contribution in [0.2, 0.25) is 0 Å². The highest BCUT2D eigenvalue weighted by molar-refractivity contribution is 6.21. The molecule has 0 fully saturated rings. The molecule has 4 heterocycles. The van der Waals surface area contributed by atoms with Crippen LogP contribution in [0.25, 0.3) is 49.9 Å². The Hall–Kier alpha value is -4.64. The average Bonchev–Trinajstić information content (AvgIpc) is 3.41. The van der Waals surface area contributed by atoms with Crippen molar-refractivity contribution in [2.24, 2.45) is 0 Å². The van der Waals surface area contributed by atoms with E-state index in [-0.39, 0.29) is 5.75 Å².